The van der Waals surface area contributed by atoms with Crippen molar-refractivity contribution in [3.63, 3.8) is 0 Å². The fraction of sp³-hybridized carbons (Fsp3) is 0.556. The summed E-state index contributed by atoms with van der Waals surface area (Å²) in [5, 5.41) is 0.797. The van der Waals surface area contributed by atoms with Gasteiger partial charge in [-0.25, -0.2) is 4.79 Å². The molecule has 1 N–H and O–H groups in total. The minimum absolute atomic E-state index is 0.0118. The molecule has 0 aromatic carbocycles. The third-order valence-electron chi connectivity index (χ3n) is 1.86. The van der Waals surface area contributed by atoms with Gasteiger partial charge < -0.3 is 4.57 Å². The summed E-state index contributed by atoms with van der Waals surface area (Å²) in [7, 11) is 0. The predicted molar refractivity (Wildman–Crippen MR) is 58.9 cm³/mol. The van der Waals surface area contributed by atoms with Gasteiger partial charge in [0.2, 0.25) is 0 Å². The maximum atomic E-state index is 11.3. The van der Waals surface area contributed by atoms with E-state index >= 15 is 0 Å². The first-order chi connectivity index (χ1) is 6.44. The smallest absolute Gasteiger partial charge is 0.300 e. The van der Waals surface area contributed by atoms with E-state index in [1.807, 2.05) is 13.8 Å². The molecule has 1 aromatic rings. The van der Waals surface area contributed by atoms with Crippen LogP contribution in [0, 0.1) is 5.41 Å². The van der Waals surface area contributed by atoms with Crippen molar-refractivity contribution in [2.24, 2.45) is 5.41 Å². The molecule has 0 radical (unpaired) electrons. The standard InChI is InChI=1S/C9H13BrN2O2/c1-9(2,5-10)6-12-4-3-7(13)11-8(12)14/h3-4H,5-6H2,1-2H3,(H,11,13,14). The van der Waals surface area contributed by atoms with Gasteiger partial charge in [-0.05, 0) is 5.41 Å². The highest BCUT2D eigenvalue weighted by molar-refractivity contribution is 9.09. The van der Waals surface area contributed by atoms with Gasteiger partial charge >= 0.3 is 5.69 Å². The summed E-state index contributed by atoms with van der Waals surface area (Å²) in [6.07, 6.45) is 1.52. The number of aromatic nitrogens is 2. The normalized spacial score (nSPS) is 11.6. The van der Waals surface area contributed by atoms with E-state index in [9.17, 15) is 9.59 Å². The van der Waals surface area contributed by atoms with Crippen LogP contribution < -0.4 is 11.2 Å². The Morgan fingerprint density at radius 2 is 2.14 bits per heavy atom. The quantitative estimate of drug-likeness (QED) is 0.824. The maximum Gasteiger partial charge on any atom is 0.328 e. The minimum Gasteiger partial charge on any atom is -0.300 e. The van der Waals surface area contributed by atoms with Gasteiger partial charge in [0.25, 0.3) is 5.56 Å². The average Bonchev–Trinajstić information content (AvgIpc) is 2.10. The van der Waals surface area contributed by atoms with Crippen LogP contribution in [0.2, 0.25) is 0 Å². The summed E-state index contributed by atoms with van der Waals surface area (Å²) in [5.41, 5.74) is -0.725. The Labute approximate surface area is 90.1 Å². The Morgan fingerprint density at radius 3 is 2.64 bits per heavy atom. The number of alkyl halides is 1. The lowest BCUT2D eigenvalue weighted by atomic mass is 9.97. The lowest BCUT2D eigenvalue weighted by molar-refractivity contribution is 0.345. The fourth-order valence-corrected chi connectivity index (χ4v) is 1.25. The van der Waals surface area contributed by atoms with Crippen molar-refractivity contribution in [1.82, 2.24) is 9.55 Å². The molecule has 0 bridgehead atoms. The van der Waals surface area contributed by atoms with Crippen molar-refractivity contribution < 1.29 is 0 Å². The third kappa shape index (κ3) is 2.83. The number of nitrogens with zero attached hydrogens (tertiary/aromatic N) is 1. The van der Waals surface area contributed by atoms with Gasteiger partial charge in [0.05, 0.1) is 0 Å². The molecule has 0 fully saturated rings. The highest BCUT2D eigenvalue weighted by atomic mass is 79.9. The number of halogens is 1. The zero-order valence-electron chi connectivity index (χ0n) is 8.21. The Morgan fingerprint density at radius 1 is 1.50 bits per heavy atom. The van der Waals surface area contributed by atoms with Crippen LogP contribution in [0.25, 0.3) is 0 Å². The first-order valence-electron chi connectivity index (χ1n) is 4.30. The molecule has 0 amide bonds. The van der Waals surface area contributed by atoms with E-state index in [4.69, 9.17) is 0 Å². The zero-order chi connectivity index (χ0) is 10.8. The van der Waals surface area contributed by atoms with Crippen LogP contribution in [0.3, 0.4) is 0 Å². The van der Waals surface area contributed by atoms with E-state index in [2.05, 4.69) is 20.9 Å². The summed E-state index contributed by atoms with van der Waals surface area (Å²) < 4.78 is 1.50. The predicted octanol–water partition coefficient (Wildman–Crippen LogP) is 0.958. The van der Waals surface area contributed by atoms with Crippen molar-refractivity contribution >= 4 is 15.9 Å². The molecule has 0 atom stereocenters. The summed E-state index contributed by atoms with van der Waals surface area (Å²) in [6.45, 7) is 4.66. The van der Waals surface area contributed by atoms with E-state index in [-0.39, 0.29) is 16.7 Å². The van der Waals surface area contributed by atoms with Gasteiger partial charge in [0, 0.05) is 24.1 Å². The molecule has 14 heavy (non-hydrogen) atoms. The molecule has 0 aliphatic heterocycles. The van der Waals surface area contributed by atoms with Gasteiger partial charge in [-0.3, -0.25) is 9.78 Å². The summed E-state index contributed by atoms with van der Waals surface area (Å²) in [4.78, 5) is 24.3. The number of H-pyrrole nitrogens is 1. The van der Waals surface area contributed by atoms with E-state index in [1.165, 1.54) is 16.8 Å². The second-order valence-electron chi connectivity index (χ2n) is 4.04. The monoisotopic (exact) mass is 260 g/mol. The average molecular weight is 261 g/mol. The number of hydrogen-bond acceptors (Lipinski definition) is 2. The van der Waals surface area contributed by atoms with Crippen LogP contribution in [0.1, 0.15) is 13.8 Å². The molecular weight excluding hydrogens is 248 g/mol. The van der Waals surface area contributed by atoms with Crippen LogP contribution in [0.5, 0.6) is 0 Å². The molecule has 1 rings (SSSR count). The molecule has 4 nitrogen and oxygen atoms in total. The van der Waals surface area contributed by atoms with Gasteiger partial charge in [-0.15, -0.1) is 0 Å². The maximum absolute atomic E-state index is 11.3. The number of rotatable bonds is 3. The van der Waals surface area contributed by atoms with Crippen LogP contribution in [0.4, 0.5) is 0 Å². The molecule has 5 heteroatoms. The van der Waals surface area contributed by atoms with E-state index in [0.717, 1.165) is 5.33 Å². The third-order valence-corrected chi connectivity index (χ3v) is 3.37. The van der Waals surface area contributed by atoms with Crippen LogP contribution >= 0.6 is 15.9 Å². The number of aromatic amines is 1. The highest BCUT2D eigenvalue weighted by Crippen LogP contribution is 2.19. The van der Waals surface area contributed by atoms with E-state index in [0.29, 0.717) is 6.54 Å². The molecule has 0 saturated heterocycles. The topological polar surface area (TPSA) is 54.9 Å². The van der Waals surface area contributed by atoms with Crippen LogP contribution in [-0.2, 0) is 6.54 Å². The lowest BCUT2D eigenvalue weighted by Crippen LogP contribution is -2.33. The van der Waals surface area contributed by atoms with Crippen molar-refractivity contribution in [2.45, 2.75) is 20.4 Å². The fourth-order valence-electron chi connectivity index (χ4n) is 1.07. The van der Waals surface area contributed by atoms with E-state index < -0.39 is 0 Å². The molecule has 1 aromatic heterocycles. The largest absolute Gasteiger partial charge is 0.328 e. The van der Waals surface area contributed by atoms with Crippen molar-refractivity contribution in [1.29, 1.82) is 0 Å². The van der Waals surface area contributed by atoms with Crippen molar-refractivity contribution in [2.75, 3.05) is 5.33 Å². The van der Waals surface area contributed by atoms with Gasteiger partial charge in [-0.1, -0.05) is 29.8 Å². The molecule has 78 valence electrons. The molecule has 1 heterocycles. The van der Waals surface area contributed by atoms with Crippen molar-refractivity contribution in [3.05, 3.63) is 33.1 Å². The minimum atomic E-state index is -0.358. The Hall–Kier alpha value is -0.840. The number of nitrogens with one attached hydrogen (secondary N) is 1. The Bertz CT molecular complexity index is 419. The molecular formula is C9H13BrN2O2. The van der Waals surface area contributed by atoms with Gasteiger partial charge in [-0.2, -0.15) is 0 Å². The first kappa shape index (κ1) is 11.2. The Balaban J connectivity index is 2.99. The molecule has 0 spiro atoms. The first-order valence-corrected chi connectivity index (χ1v) is 5.42. The van der Waals surface area contributed by atoms with Crippen LogP contribution in [-0.4, -0.2) is 14.9 Å². The second-order valence-corrected chi connectivity index (χ2v) is 4.60. The molecule has 0 unspecified atom stereocenters. The molecule has 0 aliphatic rings. The van der Waals surface area contributed by atoms with E-state index in [1.54, 1.807) is 0 Å². The zero-order valence-corrected chi connectivity index (χ0v) is 9.80. The van der Waals surface area contributed by atoms with Gasteiger partial charge in [0.15, 0.2) is 0 Å². The van der Waals surface area contributed by atoms with Crippen molar-refractivity contribution in [3.8, 4) is 0 Å². The summed E-state index contributed by atoms with van der Waals surface area (Å²) in [6, 6.07) is 1.35. The van der Waals surface area contributed by atoms with Crippen LogP contribution in [0.15, 0.2) is 21.9 Å². The highest BCUT2D eigenvalue weighted by Gasteiger charge is 2.17. The lowest BCUT2D eigenvalue weighted by Gasteiger charge is -2.22. The molecule has 0 saturated carbocycles. The summed E-state index contributed by atoms with van der Waals surface area (Å²) in [5.74, 6) is 0. The van der Waals surface area contributed by atoms with Gasteiger partial charge in [0.1, 0.15) is 0 Å². The SMILES string of the molecule is CC(C)(CBr)Cn1ccc(=O)[nH]c1=O. The Kier molecular flexibility index (Phi) is 3.31. The number of hydrogen-bond donors (Lipinski definition) is 1. The summed E-state index contributed by atoms with van der Waals surface area (Å²) >= 11 is 3.38. The second kappa shape index (κ2) is 4.13. The molecule has 0 aliphatic carbocycles.